The third kappa shape index (κ3) is 3.58. The van der Waals surface area contributed by atoms with E-state index in [1.807, 2.05) is 0 Å². The molecule has 0 radical (unpaired) electrons. The number of carbonyl (C=O) groups excluding carboxylic acids is 1. The summed E-state index contributed by atoms with van der Waals surface area (Å²) in [5.74, 6) is -0.0640. The Morgan fingerprint density at radius 3 is 2.75 bits per heavy atom. The van der Waals surface area contributed by atoms with Crippen molar-refractivity contribution in [3.8, 4) is 17.1 Å². The average Bonchev–Trinajstić information content (AvgIpc) is 3.16. The minimum atomic E-state index is -0.922. The summed E-state index contributed by atoms with van der Waals surface area (Å²) in [6.07, 6.45) is 1.13. The normalized spacial score (nSPS) is 10.5. The molecule has 2 heterocycles. The molecule has 0 unspecified atom stereocenters. The number of rotatable bonds is 6. The van der Waals surface area contributed by atoms with Crippen LogP contribution in [0.3, 0.4) is 0 Å². The van der Waals surface area contributed by atoms with Crippen LogP contribution in [-0.4, -0.2) is 39.8 Å². The predicted octanol–water partition coefficient (Wildman–Crippen LogP) is 1.65. The number of carbonyl (C=O) groups is 1. The highest BCUT2D eigenvalue weighted by molar-refractivity contribution is 5.89. The van der Waals surface area contributed by atoms with Crippen LogP contribution in [0.15, 0.2) is 45.8 Å². The first-order valence-corrected chi connectivity index (χ1v) is 7.87. The van der Waals surface area contributed by atoms with Crippen LogP contribution in [-0.2, 0) is 11.3 Å². The molecule has 11 heteroatoms. The molecule has 144 valence electrons. The molecule has 0 N–H and O–H groups in total. The first-order chi connectivity index (χ1) is 13.4. The number of pyridine rings is 1. The molecular weight excluding hydrogens is 372 g/mol. The van der Waals surface area contributed by atoms with Crippen molar-refractivity contribution in [3.05, 3.63) is 68.5 Å². The van der Waals surface area contributed by atoms with E-state index in [2.05, 4.69) is 14.9 Å². The Bertz CT molecular complexity index is 1100. The molecule has 0 bridgehead atoms. The fraction of sp³-hybridized carbons (Fsp3) is 0.176. The standard InChI is InChI=1S/C17H14N4O7/c1-26-13-6-4-3-5-11(13)15-18-14(28-19-15)9-20-8-10(17(23)27-2)7-12(16(20)22)21(24)25/h3-8H,9H2,1-2H3. The number of hydrogen-bond acceptors (Lipinski definition) is 9. The maximum atomic E-state index is 12.3. The molecule has 0 fully saturated rings. The molecule has 3 aromatic rings. The number of nitro groups is 1. The van der Waals surface area contributed by atoms with E-state index in [1.54, 1.807) is 24.3 Å². The number of methoxy groups -OCH3 is 2. The largest absolute Gasteiger partial charge is 0.496 e. The van der Waals surface area contributed by atoms with Gasteiger partial charge in [0.2, 0.25) is 11.7 Å². The molecule has 11 nitrogen and oxygen atoms in total. The van der Waals surface area contributed by atoms with Gasteiger partial charge in [-0.15, -0.1) is 0 Å². The third-order valence-electron chi connectivity index (χ3n) is 3.81. The first-order valence-electron chi connectivity index (χ1n) is 7.87. The lowest BCUT2D eigenvalue weighted by Crippen LogP contribution is -2.24. The zero-order valence-electron chi connectivity index (χ0n) is 14.8. The van der Waals surface area contributed by atoms with Crippen LogP contribution in [0, 0.1) is 10.1 Å². The Balaban J connectivity index is 1.99. The van der Waals surface area contributed by atoms with Gasteiger partial charge in [-0.2, -0.15) is 4.98 Å². The fourth-order valence-electron chi connectivity index (χ4n) is 2.50. The predicted molar refractivity (Wildman–Crippen MR) is 94.1 cm³/mol. The summed E-state index contributed by atoms with van der Waals surface area (Å²) in [6, 6.07) is 7.85. The molecule has 1 aromatic carbocycles. The smallest absolute Gasteiger partial charge is 0.339 e. The summed E-state index contributed by atoms with van der Waals surface area (Å²) in [6.45, 7) is -0.271. The second kappa shape index (κ2) is 7.70. The summed E-state index contributed by atoms with van der Waals surface area (Å²) in [5.41, 5.74) is -1.28. The lowest BCUT2D eigenvalue weighted by molar-refractivity contribution is -0.386. The molecule has 28 heavy (non-hydrogen) atoms. The SMILES string of the molecule is COC(=O)c1cc([N+](=O)[O-])c(=O)n(Cc2nc(-c3ccccc3OC)no2)c1. The Hall–Kier alpha value is -4.02. The highest BCUT2D eigenvalue weighted by atomic mass is 16.6. The maximum absolute atomic E-state index is 12.3. The Kier molecular flexibility index (Phi) is 5.16. The molecule has 0 saturated carbocycles. The minimum absolute atomic E-state index is 0.0133. The van der Waals surface area contributed by atoms with Crippen molar-refractivity contribution in [3.63, 3.8) is 0 Å². The van der Waals surface area contributed by atoms with Crippen molar-refractivity contribution in [2.24, 2.45) is 0 Å². The highest BCUT2D eigenvalue weighted by Gasteiger charge is 2.22. The van der Waals surface area contributed by atoms with Gasteiger partial charge in [-0.3, -0.25) is 19.5 Å². The molecule has 0 aliphatic heterocycles. The lowest BCUT2D eigenvalue weighted by Gasteiger charge is -2.05. The van der Waals surface area contributed by atoms with E-state index in [9.17, 15) is 19.7 Å². The molecule has 2 aromatic heterocycles. The van der Waals surface area contributed by atoms with Crippen molar-refractivity contribution in [2.45, 2.75) is 6.54 Å². The van der Waals surface area contributed by atoms with Gasteiger partial charge in [-0.05, 0) is 12.1 Å². The van der Waals surface area contributed by atoms with E-state index in [0.29, 0.717) is 11.3 Å². The Morgan fingerprint density at radius 1 is 1.32 bits per heavy atom. The van der Waals surface area contributed by atoms with Gasteiger partial charge in [-0.25, -0.2) is 4.79 Å². The number of benzene rings is 1. The van der Waals surface area contributed by atoms with Crippen molar-refractivity contribution in [1.29, 1.82) is 0 Å². The molecule has 0 amide bonds. The van der Waals surface area contributed by atoms with Crippen LogP contribution >= 0.6 is 0 Å². The van der Waals surface area contributed by atoms with E-state index in [-0.39, 0.29) is 23.8 Å². The van der Waals surface area contributed by atoms with Crippen molar-refractivity contribution < 1.29 is 23.7 Å². The van der Waals surface area contributed by atoms with Crippen molar-refractivity contribution in [2.75, 3.05) is 14.2 Å². The fourth-order valence-corrected chi connectivity index (χ4v) is 2.50. The third-order valence-corrected chi connectivity index (χ3v) is 3.81. The van der Waals surface area contributed by atoms with Crippen LogP contribution in [0.4, 0.5) is 5.69 Å². The molecule has 0 atom stereocenters. The summed E-state index contributed by atoms with van der Waals surface area (Å²) < 4.78 is 15.9. The summed E-state index contributed by atoms with van der Waals surface area (Å²) in [5, 5.41) is 15.0. The van der Waals surface area contributed by atoms with Crippen LogP contribution in [0.1, 0.15) is 16.2 Å². The van der Waals surface area contributed by atoms with Gasteiger partial charge >= 0.3 is 17.2 Å². The van der Waals surface area contributed by atoms with E-state index >= 15 is 0 Å². The lowest BCUT2D eigenvalue weighted by atomic mass is 10.2. The van der Waals surface area contributed by atoms with Gasteiger partial charge < -0.3 is 14.0 Å². The number of nitrogens with zero attached hydrogens (tertiary/aromatic N) is 4. The monoisotopic (exact) mass is 386 g/mol. The molecule has 0 spiro atoms. The zero-order valence-corrected chi connectivity index (χ0v) is 14.8. The highest BCUT2D eigenvalue weighted by Crippen LogP contribution is 2.27. The molecule has 3 rings (SSSR count). The zero-order chi connectivity index (χ0) is 20.3. The number of esters is 1. The van der Waals surface area contributed by atoms with Crippen LogP contribution in [0.5, 0.6) is 5.75 Å². The topological polar surface area (TPSA) is 140 Å². The van der Waals surface area contributed by atoms with E-state index < -0.39 is 22.1 Å². The first kappa shape index (κ1) is 18.8. The summed E-state index contributed by atoms with van der Waals surface area (Å²) >= 11 is 0. The molecular formula is C17H14N4O7. The van der Waals surface area contributed by atoms with E-state index in [4.69, 9.17) is 9.26 Å². The van der Waals surface area contributed by atoms with E-state index in [0.717, 1.165) is 23.9 Å². The number of aromatic nitrogens is 3. The van der Waals surface area contributed by atoms with Gasteiger partial charge in [0.05, 0.1) is 30.3 Å². The average molecular weight is 386 g/mol. The Morgan fingerprint density at radius 2 is 2.07 bits per heavy atom. The minimum Gasteiger partial charge on any atom is -0.496 e. The number of para-hydroxylation sites is 1. The quantitative estimate of drug-likeness (QED) is 0.351. The Labute approximate surface area is 157 Å². The second-order valence-corrected chi connectivity index (χ2v) is 5.51. The summed E-state index contributed by atoms with van der Waals surface area (Å²) in [4.78, 5) is 38.5. The second-order valence-electron chi connectivity index (χ2n) is 5.51. The van der Waals surface area contributed by atoms with Crippen molar-refractivity contribution in [1.82, 2.24) is 14.7 Å². The van der Waals surface area contributed by atoms with Crippen LogP contribution in [0.25, 0.3) is 11.4 Å². The summed E-state index contributed by atoms with van der Waals surface area (Å²) in [7, 11) is 2.62. The van der Waals surface area contributed by atoms with Gasteiger partial charge in [0.1, 0.15) is 12.3 Å². The number of ether oxygens (including phenoxy) is 2. The van der Waals surface area contributed by atoms with Gasteiger partial charge in [0, 0.05) is 12.3 Å². The molecule has 0 saturated heterocycles. The molecule has 0 aliphatic carbocycles. The van der Waals surface area contributed by atoms with Crippen LogP contribution in [0.2, 0.25) is 0 Å². The maximum Gasteiger partial charge on any atom is 0.339 e. The number of hydrogen-bond donors (Lipinski definition) is 0. The molecule has 0 aliphatic rings. The van der Waals surface area contributed by atoms with Gasteiger partial charge in [0.25, 0.3) is 0 Å². The van der Waals surface area contributed by atoms with E-state index in [1.165, 1.54) is 7.11 Å². The van der Waals surface area contributed by atoms with Crippen molar-refractivity contribution >= 4 is 11.7 Å². The van der Waals surface area contributed by atoms with Gasteiger partial charge in [-0.1, -0.05) is 17.3 Å². The van der Waals surface area contributed by atoms with Gasteiger partial charge in [0.15, 0.2) is 0 Å². The van der Waals surface area contributed by atoms with Crippen LogP contribution < -0.4 is 10.3 Å².